The number of phosphoric acid groups is 1. The van der Waals surface area contributed by atoms with Gasteiger partial charge in [-0.1, -0.05) is 397 Å². The average Bonchev–Trinajstić information content (AvgIpc) is 0.920. The van der Waals surface area contributed by atoms with Gasteiger partial charge in [-0.05, 0) is 122 Å². The summed E-state index contributed by atoms with van der Waals surface area (Å²) >= 11 is 0. The third kappa shape index (κ3) is 86.8. The molecule has 0 radical (unpaired) electrons. The number of hydrogen-bond donors (Lipinski definition) is 0. The zero-order chi connectivity index (χ0) is 75.4. The van der Waals surface area contributed by atoms with Gasteiger partial charge in [0.1, 0.15) is 19.8 Å². The smallest absolute Gasteiger partial charge is 0.306 e. The summed E-state index contributed by atoms with van der Waals surface area (Å²) in [6.07, 6.45) is 123. The van der Waals surface area contributed by atoms with E-state index in [0.717, 1.165) is 116 Å². The highest BCUT2D eigenvalue weighted by Crippen LogP contribution is 2.38. The number of ether oxygens (including phenoxy) is 2. The number of nitrogens with zero attached hydrogens (tertiary/aromatic N) is 1. The summed E-state index contributed by atoms with van der Waals surface area (Å²) in [5, 5.41) is 0. The summed E-state index contributed by atoms with van der Waals surface area (Å²) in [5.41, 5.74) is 0. The van der Waals surface area contributed by atoms with Gasteiger partial charge in [-0.3, -0.25) is 14.2 Å². The number of esters is 2. The van der Waals surface area contributed by atoms with Gasteiger partial charge in [-0.15, -0.1) is 0 Å². The number of rotatable bonds is 80. The van der Waals surface area contributed by atoms with Crippen molar-refractivity contribution >= 4 is 19.8 Å². The van der Waals surface area contributed by atoms with Crippen LogP contribution in [0.1, 0.15) is 386 Å². The van der Waals surface area contributed by atoms with Crippen LogP contribution in [0.5, 0.6) is 0 Å². The van der Waals surface area contributed by atoms with Crippen molar-refractivity contribution in [3.8, 4) is 0 Å². The minimum atomic E-state index is -4.66. The van der Waals surface area contributed by atoms with Gasteiger partial charge in [-0.2, -0.15) is 0 Å². The lowest BCUT2D eigenvalue weighted by Crippen LogP contribution is -2.37. The van der Waals surface area contributed by atoms with Gasteiger partial charge < -0.3 is 27.9 Å². The van der Waals surface area contributed by atoms with Crippen molar-refractivity contribution in [3.05, 3.63) is 146 Å². The van der Waals surface area contributed by atoms with Crippen molar-refractivity contribution in [1.82, 2.24) is 0 Å². The van der Waals surface area contributed by atoms with Crippen molar-refractivity contribution < 1.29 is 42.1 Å². The van der Waals surface area contributed by atoms with Crippen molar-refractivity contribution in [3.63, 3.8) is 0 Å². The molecule has 0 saturated carbocycles. The Kier molecular flexibility index (Phi) is 79.7. The third-order valence-electron chi connectivity index (χ3n) is 18.8. The van der Waals surface area contributed by atoms with E-state index in [0.29, 0.717) is 17.4 Å². The molecule has 0 aromatic rings. The molecule has 2 atom stereocenters. The number of allylic oxidation sites excluding steroid dienone is 24. The lowest BCUT2D eigenvalue weighted by atomic mass is 10.0. The zero-order valence-electron chi connectivity index (χ0n) is 68.4. The van der Waals surface area contributed by atoms with Crippen molar-refractivity contribution in [2.24, 2.45) is 0 Å². The molecule has 0 spiro atoms. The number of unbranched alkanes of at least 4 members (excludes halogenated alkanes) is 42. The molecule has 10 heteroatoms. The predicted octanol–water partition coefficient (Wildman–Crippen LogP) is 29.0. The largest absolute Gasteiger partial charge is 0.756 e. The Morgan fingerprint density at radius 1 is 0.308 bits per heavy atom. The predicted molar refractivity (Wildman–Crippen MR) is 452 cm³/mol. The number of quaternary nitrogens is 1. The first-order valence-electron chi connectivity index (χ1n) is 43.5. The molecule has 0 amide bonds. The highest BCUT2D eigenvalue weighted by Gasteiger charge is 2.22. The summed E-state index contributed by atoms with van der Waals surface area (Å²) < 4.78 is 34.5. The van der Waals surface area contributed by atoms with E-state index in [1.165, 1.54) is 238 Å². The normalized spacial score (nSPS) is 13.7. The number of phosphoric ester groups is 1. The Labute approximate surface area is 643 Å². The van der Waals surface area contributed by atoms with Crippen LogP contribution in [0.15, 0.2) is 146 Å². The summed E-state index contributed by atoms with van der Waals surface area (Å²) in [6.45, 7) is 4.15. The standard InChI is InChI=1S/C94H164NO8P/c1-6-8-10-12-14-16-18-20-22-24-26-28-30-32-34-36-38-40-42-44-46-47-49-51-53-55-57-59-61-63-65-67-69-71-73-75-77-79-81-83-85-87-94(97)103-92(91-102-104(98,99)101-89-88-95(3,4)5)90-100-93(96)86-84-82-80-78-76-74-72-70-68-66-64-62-60-58-56-54-52-50-48-45-43-41-39-37-35-33-31-29-27-25-23-21-19-17-15-13-11-9-7-2/h8,10,14,16,19-22,25-28,32,34,38,40,44,46,49,51,55,57,61,63,92H,6-7,9,11-13,15,17-18,23-24,29-31,33,35-37,39,41-43,45,47-48,50,52-54,56,58-60,62,64-91H2,1-5H3/b10-8-,16-14-,21-19-,22-20-,27-25-,28-26-,34-32-,40-38-,46-44-,51-49-,57-55-,63-61-. The van der Waals surface area contributed by atoms with Gasteiger partial charge >= 0.3 is 11.9 Å². The van der Waals surface area contributed by atoms with Gasteiger partial charge in [0.15, 0.2) is 6.10 Å². The number of carbonyl (C=O) groups is 2. The first-order valence-corrected chi connectivity index (χ1v) is 45.0. The van der Waals surface area contributed by atoms with E-state index in [4.69, 9.17) is 18.5 Å². The molecule has 0 bridgehead atoms. The molecule has 9 nitrogen and oxygen atoms in total. The van der Waals surface area contributed by atoms with Crippen LogP contribution in [0, 0.1) is 0 Å². The fraction of sp³-hybridized carbons (Fsp3) is 0.723. The first kappa shape index (κ1) is 99.9. The molecule has 0 fully saturated rings. The Morgan fingerprint density at radius 3 is 0.817 bits per heavy atom. The van der Waals surface area contributed by atoms with Crippen LogP contribution in [-0.4, -0.2) is 70.0 Å². The second kappa shape index (κ2) is 82.9. The molecule has 104 heavy (non-hydrogen) atoms. The molecule has 598 valence electrons. The molecule has 0 rings (SSSR count). The lowest BCUT2D eigenvalue weighted by molar-refractivity contribution is -0.870. The molecule has 0 aliphatic rings. The molecule has 0 saturated heterocycles. The molecular weight excluding hydrogens is 1300 g/mol. The van der Waals surface area contributed by atoms with Crippen LogP contribution in [0.3, 0.4) is 0 Å². The van der Waals surface area contributed by atoms with E-state index in [2.05, 4.69) is 160 Å². The van der Waals surface area contributed by atoms with Crippen molar-refractivity contribution in [2.45, 2.75) is 392 Å². The van der Waals surface area contributed by atoms with E-state index in [-0.39, 0.29) is 32.0 Å². The second-order valence-electron chi connectivity index (χ2n) is 30.2. The van der Waals surface area contributed by atoms with E-state index in [9.17, 15) is 19.0 Å². The maximum absolute atomic E-state index is 12.9. The van der Waals surface area contributed by atoms with E-state index in [1.807, 2.05) is 21.1 Å². The monoisotopic (exact) mass is 1470 g/mol. The van der Waals surface area contributed by atoms with Gasteiger partial charge in [0.25, 0.3) is 7.82 Å². The van der Waals surface area contributed by atoms with Gasteiger partial charge in [0.2, 0.25) is 0 Å². The quantitative estimate of drug-likeness (QED) is 0.0195. The van der Waals surface area contributed by atoms with Crippen molar-refractivity contribution in [2.75, 3.05) is 47.5 Å². The van der Waals surface area contributed by atoms with Crippen molar-refractivity contribution in [1.29, 1.82) is 0 Å². The second-order valence-corrected chi connectivity index (χ2v) is 31.6. The SMILES string of the molecule is CC/C=C\C/C=C\C/C=C\C/C=C\C/C=C\C/C=C\C/C=C\C/C=C\C/C=C\C/C=C\CCCCCCCCCCCCC(=O)OC(COC(=O)CCCCCCCCCCCCCCCCCCCCCCCCCCCCC/C=C\C/C=C\CCCCCCC)COP(=O)([O-])OCC[N+](C)(C)C. The van der Waals surface area contributed by atoms with Crippen LogP contribution >= 0.6 is 7.82 Å². The molecule has 0 N–H and O–H groups in total. The molecule has 2 unspecified atom stereocenters. The Bertz CT molecular complexity index is 2280. The van der Waals surface area contributed by atoms with Crippen LogP contribution in [0.4, 0.5) is 0 Å². The molecule has 0 heterocycles. The fourth-order valence-electron chi connectivity index (χ4n) is 12.3. The van der Waals surface area contributed by atoms with Crippen LogP contribution in [-0.2, 0) is 32.7 Å². The number of hydrogen-bond acceptors (Lipinski definition) is 8. The summed E-state index contributed by atoms with van der Waals surface area (Å²) in [5.74, 6) is -0.829. The molecule has 0 aliphatic heterocycles. The third-order valence-corrected chi connectivity index (χ3v) is 19.8. The molecule has 0 aliphatic carbocycles. The Balaban J connectivity index is 3.96. The first-order chi connectivity index (χ1) is 51.0. The summed E-state index contributed by atoms with van der Waals surface area (Å²) in [7, 11) is 1.16. The average molecular weight is 1470 g/mol. The van der Waals surface area contributed by atoms with E-state index < -0.39 is 26.5 Å². The van der Waals surface area contributed by atoms with Crippen LogP contribution in [0.2, 0.25) is 0 Å². The highest BCUT2D eigenvalue weighted by atomic mass is 31.2. The Hall–Kier alpha value is -4.11. The van der Waals surface area contributed by atoms with E-state index >= 15 is 0 Å². The number of likely N-dealkylation sites (N-methyl/N-ethyl adjacent to an activating group) is 1. The van der Waals surface area contributed by atoms with E-state index in [1.54, 1.807) is 0 Å². The van der Waals surface area contributed by atoms with Gasteiger partial charge in [0, 0.05) is 12.8 Å². The van der Waals surface area contributed by atoms with Gasteiger partial charge in [-0.25, -0.2) is 0 Å². The highest BCUT2D eigenvalue weighted by molar-refractivity contribution is 7.45. The lowest BCUT2D eigenvalue weighted by Gasteiger charge is -2.28. The summed E-state index contributed by atoms with van der Waals surface area (Å²) in [4.78, 5) is 38.3. The molecule has 0 aromatic heterocycles. The molecular formula is C94H164NO8P. The van der Waals surface area contributed by atoms with Crippen LogP contribution < -0.4 is 4.89 Å². The molecule has 0 aromatic carbocycles. The topological polar surface area (TPSA) is 111 Å². The van der Waals surface area contributed by atoms with Gasteiger partial charge in [0.05, 0.1) is 27.7 Å². The minimum absolute atomic E-state index is 0.0357. The van der Waals surface area contributed by atoms with Crippen LogP contribution in [0.25, 0.3) is 0 Å². The fourth-order valence-corrected chi connectivity index (χ4v) is 13.0. The minimum Gasteiger partial charge on any atom is -0.756 e. The zero-order valence-corrected chi connectivity index (χ0v) is 69.3. The number of carbonyl (C=O) groups excluding carboxylic acids is 2. The summed E-state index contributed by atoms with van der Waals surface area (Å²) in [6, 6.07) is 0. The maximum atomic E-state index is 12.9. The maximum Gasteiger partial charge on any atom is 0.306 e. The Morgan fingerprint density at radius 2 is 0.548 bits per heavy atom.